The molecule has 0 aliphatic carbocycles. The van der Waals surface area contributed by atoms with E-state index in [1.54, 1.807) is 0 Å². The summed E-state index contributed by atoms with van der Waals surface area (Å²) in [6.07, 6.45) is 1.83. The first-order chi connectivity index (χ1) is 9.55. The first-order valence-electron chi connectivity index (χ1n) is 6.46. The number of carbonyl (C=O) groups is 1. The Bertz CT molecular complexity index is 828. The molecule has 0 spiro atoms. The molecule has 1 aromatic carbocycles. The number of anilines is 1. The maximum absolute atomic E-state index is 11.9. The third kappa shape index (κ3) is 1.37. The summed E-state index contributed by atoms with van der Waals surface area (Å²) < 4.78 is 5.75. The largest absolute Gasteiger partial charge is 0.435 e. The third-order valence-corrected chi connectivity index (χ3v) is 3.85. The number of aromatic amines is 1. The van der Waals surface area contributed by atoms with Gasteiger partial charge in [0.2, 0.25) is 11.8 Å². The summed E-state index contributed by atoms with van der Waals surface area (Å²) in [5, 5.41) is 2.89. The highest BCUT2D eigenvalue weighted by molar-refractivity contribution is 6.07. The van der Waals surface area contributed by atoms with Crippen molar-refractivity contribution in [2.75, 3.05) is 5.32 Å². The molecule has 1 aliphatic heterocycles. The number of H-pyrrole nitrogens is 1. The zero-order chi connectivity index (χ0) is 13.9. The van der Waals surface area contributed by atoms with E-state index in [0.29, 0.717) is 11.5 Å². The number of nitrogens with zero attached hydrogens (tertiary/aromatic N) is 1. The summed E-state index contributed by atoms with van der Waals surface area (Å²) in [6, 6.07) is 7.58. The normalized spacial score (nSPS) is 16.4. The summed E-state index contributed by atoms with van der Waals surface area (Å²) in [7, 11) is 0. The van der Waals surface area contributed by atoms with E-state index in [2.05, 4.69) is 15.3 Å². The van der Waals surface area contributed by atoms with Crippen molar-refractivity contribution in [2.24, 2.45) is 0 Å². The molecule has 3 aromatic rings. The molecule has 0 bridgehead atoms. The number of hydrogen-bond donors (Lipinski definition) is 2. The number of hydrogen-bond acceptors (Lipinski definition) is 3. The molecule has 1 amide bonds. The number of benzene rings is 1. The zero-order valence-electron chi connectivity index (χ0n) is 11.2. The van der Waals surface area contributed by atoms with Gasteiger partial charge in [0.1, 0.15) is 11.2 Å². The lowest BCUT2D eigenvalue weighted by Gasteiger charge is -2.14. The van der Waals surface area contributed by atoms with Crippen LogP contribution in [0, 0.1) is 0 Å². The van der Waals surface area contributed by atoms with E-state index in [1.807, 2.05) is 44.3 Å². The van der Waals surface area contributed by atoms with Gasteiger partial charge in [-0.25, -0.2) is 4.98 Å². The second-order valence-corrected chi connectivity index (χ2v) is 5.55. The molecule has 5 nitrogen and oxygen atoms in total. The molecule has 1 aliphatic rings. The van der Waals surface area contributed by atoms with Crippen molar-refractivity contribution >= 4 is 22.7 Å². The van der Waals surface area contributed by atoms with Gasteiger partial charge in [-0.15, -0.1) is 0 Å². The standard InChI is InChI=1S/C15H13N3O2/c1-15(2)8-6-11-12(7-10(8)18-14(15)19)20-13(17-11)9-4-3-5-16-9/h3-7,16H,1-2H3,(H,18,19). The van der Waals surface area contributed by atoms with Crippen LogP contribution in [0.25, 0.3) is 22.7 Å². The molecule has 2 aromatic heterocycles. The van der Waals surface area contributed by atoms with Gasteiger partial charge in [-0.1, -0.05) is 0 Å². The minimum atomic E-state index is -0.533. The van der Waals surface area contributed by atoms with Crippen LogP contribution in [0.5, 0.6) is 0 Å². The fourth-order valence-corrected chi connectivity index (χ4v) is 2.57. The van der Waals surface area contributed by atoms with E-state index >= 15 is 0 Å². The molecule has 0 radical (unpaired) electrons. The first-order valence-corrected chi connectivity index (χ1v) is 6.46. The van der Waals surface area contributed by atoms with Crippen molar-refractivity contribution in [3.63, 3.8) is 0 Å². The maximum Gasteiger partial charge on any atom is 0.244 e. The highest BCUT2D eigenvalue weighted by atomic mass is 16.3. The Labute approximate surface area is 115 Å². The van der Waals surface area contributed by atoms with E-state index in [1.165, 1.54) is 0 Å². The van der Waals surface area contributed by atoms with Gasteiger partial charge in [-0.05, 0) is 37.6 Å². The number of aromatic nitrogens is 2. The number of nitrogens with one attached hydrogen (secondary N) is 2. The molecule has 0 saturated heterocycles. The topological polar surface area (TPSA) is 70.9 Å². The van der Waals surface area contributed by atoms with E-state index in [-0.39, 0.29) is 5.91 Å². The van der Waals surface area contributed by atoms with Crippen LogP contribution < -0.4 is 5.32 Å². The lowest BCUT2D eigenvalue weighted by Crippen LogP contribution is -2.26. The Balaban J connectivity index is 1.93. The van der Waals surface area contributed by atoms with Crippen LogP contribution in [0.15, 0.2) is 34.9 Å². The monoisotopic (exact) mass is 267 g/mol. The Morgan fingerprint density at radius 2 is 2.15 bits per heavy atom. The molecule has 3 heterocycles. The predicted octanol–water partition coefficient (Wildman–Crippen LogP) is 3.05. The van der Waals surface area contributed by atoms with Crippen LogP contribution in [0.4, 0.5) is 5.69 Å². The average molecular weight is 267 g/mol. The Kier molecular flexibility index (Phi) is 1.98. The van der Waals surface area contributed by atoms with Gasteiger partial charge in [-0.3, -0.25) is 4.79 Å². The Hall–Kier alpha value is -2.56. The van der Waals surface area contributed by atoms with Gasteiger partial charge in [-0.2, -0.15) is 0 Å². The smallest absolute Gasteiger partial charge is 0.244 e. The summed E-state index contributed by atoms with van der Waals surface area (Å²) in [5.41, 5.74) is 3.51. The number of oxazole rings is 1. The Morgan fingerprint density at radius 3 is 2.90 bits per heavy atom. The highest BCUT2D eigenvalue weighted by Crippen LogP contribution is 2.40. The highest BCUT2D eigenvalue weighted by Gasteiger charge is 2.39. The van der Waals surface area contributed by atoms with Gasteiger partial charge in [0.05, 0.1) is 5.41 Å². The molecular weight excluding hydrogens is 254 g/mol. The zero-order valence-corrected chi connectivity index (χ0v) is 11.2. The van der Waals surface area contributed by atoms with Crippen molar-refractivity contribution in [3.8, 4) is 11.6 Å². The van der Waals surface area contributed by atoms with Gasteiger partial charge < -0.3 is 14.7 Å². The van der Waals surface area contributed by atoms with Crippen LogP contribution in [0.2, 0.25) is 0 Å². The van der Waals surface area contributed by atoms with Crippen LogP contribution in [0.3, 0.4) is 0 Å². The van der Waals surface area contributed by atoms with Crippen LogP contribution in [-0.2, 0) is 10.2 Å². The molecule has 2 N–H and O–H groups in total. The van der Waals surface area contributed by atoms with Crippen LogP contribution in [-0.4, -0.2) is 15.9 Å². The SMILES string of the molecule is CC1(C)C(=O)Nc2cc3oc(-c4ccc[nH]4)nc3cc21. The minimum Gasteiger partial charge on any atom is -0.435 e. The third-order valence-electron chi connectivity index (χ3n) is 3.85. The molecule has 0 saturated carbocycles. The number of fused-ring (bicyclic) bond motifs is 2. The van der Waals surface area contributed by atoms with E-state index in [4.69, 9.17) is 4.42 Å². The van der Waals surface area contributed by atoms with E-state index in [0.717, 1.165) is 22.5 Å². The summed E-state index contributed by atoms with van der Waals surface area (Å²) in [4.78, 5) is 19.5. The van der Waals surface area contributed by atoms with Crippen molar-refractivity contribution in [1.29, 1.82) is 0 Å². The molecule has 5 heteroatoms. The molecule has 4 rings (SSSR count). The van der Waals surface area contributed by atoms with Crippen molar-refractivity contribution in [3.05, 3.63) is 36.0 Å². The summed E-state index contributed by atoms with van der Waals surface area (Å²) in [5.74, 6) is 0.558. The summed E-state index contributed by atoms with van der Waals surface area (Å²) >= 11 is 0. The maximum atomic E-state index is 11.9. The number of rotatable bonds is 1. The van der Waals surface area contributed by atoms with E-state index in [9.17, 15) is 4.79 Å². The summed E-state index contributed by atoms with van der Waals surface area (Å²) in [6.45, 7) is 3.82. The number of carbonyl (C=O) groups excluding carboxylic acids is 1. The average Bonchev–Trinajstić information content (AvgIpc) is 3.08. The Morgan fingerprint density at radius 1 is 1.30 bits per heavy atom. The molecule has 20 heavy (non-hydrogen) atoms. The molecule has 100 valence electrons. The van der Waals surface area contributed by atoms with Gasteiger partial charge in [0.15, 0.2) is 5.58 Å². The second kappa shape index (κ2) is 3.50. The van der Waals surface area contributed by atoms with Gasteiger partial charge in [0, 0.05) is 18.0 Å². The van der Waals surface area contributed by atoms with Gasteiger partial charge in [0.25, 0.3) is 0 Å². The van der Waals surface area contributed by atoms with Crippen LogP contribution in [0.1, 0.15) is 19.4 Å². The molecular formula is C15H13N3O2. The predicted molar refractivity (Wildman–Crippen MR) is 75.5 cm³/mol. The molecule has 0 fully saturated rings. The van der Waals surface area contributed by atoms with Crippen molar-refractivity contribution in [2.45, 2.75) is 19.3 Å². The number of amides is 1. The lowest BCUT2D eigenvalue weighted by atomic mass is 9.86. The van der Waals surface area contributed by atoms with Crippen molar-refractivity contribution < 1.29 is 9.21 Å². The first kappa shape index (κ1) is 11.3. The second-order valence-electron chi connectivity index (χ2n) is 5.55. The minimum absolute atomic E-state index is 0.00439. The fourth-order valence-electron chi connectivity index (χ4n) is 2.57. The molecule has 0 atom stereocenters. The van der Waals surface area contributed by atoms with Crippen LogP contribution >= 0.6 is 0 Å². The lowest BCUT2D eigenvalue weighted by molar-refractivity contribution is -0.119. The molecule has 0 unspecified atom stereocenters. The fraction of sp³-hybridized carbons (Fsp3) is 0.200. The van der Waals surface area contributed by atoms with Gasteiger partial charge >= 0.3 is 0 Å². The van der Waals surface area contributed by atoms with Crippen molar-refractivity contribution in [1.82, 2.24) is 9.97 Å². The quantitative estimate of drug-likeness (QED) is 0.711. The van der Waals surface area contributed by atoms with E-state index < -0.39 is 5.41 Å².